The first-order chi connectivity index (χ1) is 15.7. The van der Waals surface area contributed by atoms with Gasteiger partial charge >= 0.3 is 0 Å². The highest BCUT2D eigenvalue weighted by atomic mass is 35.5. The van der Waals surface area contributed by atoms with Gasteiger partial charge in [0.2, 0.25) is 17.8 Å². The third kappa shape index (κ3) is 5.83. The van der Waals surface area contributed by atoms with E-state index in [4.69, 9.17) is 21.1 Å². The number of morpholine rings is 1. The van der Waals surface area contributed by atoms with Gasteiger partial charge in [0.1, 0.15) is 5.75 Å². The lowest BCUT2D eigenvalue weighted by Crippen LogP contribution is -2.37. The van der Waals surface area contributed by atoms with E-state index in [1.54, 1.807) is 31.5 Å². The van der Waals surface area contributed by atoms with Crippen LogP contribution in [0.4, 0.5) is 17.8 Å². The van der Waals surface area contributed by atoms with Crippen LogP contribution in [0.5, 0.6) is 5.75 Å². The number of nitrogens with one attached hydrogen (secondary N) is 2. The molecule has 166 valence electrons. The summed E-state index contributed by atoms with van der Waals surface area (Å²) in [5.74, 6) is 2.02. The molecule has 3 aromatic rings. The average molecular weight is 454 g/mol. The Morgan fingerprint density at radius 1 is 1.09 bits per heavy atom. The fraction of sp³-hybridized carbons (Fsp3) is 0.273. The minimum Gasteiger partial charge on any atom is -0.496 e. The van der Waals surface area contributed by atoms with Crippen LogP contribution in [0.1, 0.15) is 11.1 Å². The quantitative estimate of drug-likeness (QED) is 0.395. The summed E-state index contributed by atoms with van der Waals surface area (Å²) in [4.78, 5) is 15.6. The predicted octanol–water partition coefficient (Wildman–Crippen LogP) is 3.43. The Bertz CT molecular complexity index is 1060. The van der Waals surface area contributed by atoms with Gasteiger partial charge in [-0.3, -0.25) is 0 Å². The normalized spacial score (nSPS) is 13.9. The predicted molar refractivity (Wildman–Crippen MR) is 126 cm³/mol. The van der Waals surface area contributed by atoms with Crippen molar-refractivity contribution in [1.82, 2.24) is 15.0 Å². The number of hydrazone groups is 1. The number of benzene rings is 2. The summed E-state index contributed by atoms with van der Waals surface area (Å²) >= 11 is 6.09. The molecule has 2 aromatic carbocycles. The summed E-state index contributed by atoms with van der Waals surface area (Å²) in [5.41, 5.74) is 4.75. The lowest BCUT2D eigenvalue weighted by Gasteiger charge is -2.27. The molecule has 0 bridgehead atoms. The number of methoxy groups -OCH3 is 1. The molecule has 10 heteroatoms. The molecule has 0 radical (unpaired) electrons. The van der Waals surface area contributed by atoms with Gasteiger partial charge in [0.05, 0.1) is 26.5 Å². The van der Waals surface area contributed by atoms with Crippen LogP contribution in [0.15, 0.2) is 53.6 Å². The summed E-state index contributed by atoms with van der Waals surface area (Å²) in [5, 5.41) is 8.13. The van der Waals surface area contributed by atoms with E-state index in [-0.39, 0.29) is 0 Å². The van der Waals surface area contributed by atoms with Crippen LogP contribution in [0.2, 0.25) is 5.02 Å². The number of halogens is 1. The maximum Gasteiger partial charge on any atom is 0.250 e. The first kappa shape index (κ1) is 21.8. The maximum atomic E-state index is 6.09. The topological polar surface area (TPSA) is 96.8 Å². The van der Waals surface area contributed by atoms with E-state index >= 15 is 0 Å². The second-order valence-corrected chi connectivity index (χ2v) is 7.41. The fourth-order valence-corrected chi connectivity index (χ4v) is 3.32. The number of hydrogen-bond acceptors (Lipinski definition) is 9. The Kier molecular flexibility index (Phi) is 7.31. The molecule has 1 saturated heterocycles. The zero-order valence-electron chi connectivity index (χ0n) is 17.7. The Labute approximate surface area is 191 Å². The molecular formula is C22H24ClN7O2. The molecule has 1 aliphatic heterocycles. The second-order valence-electron chi connectivity index (χ2n) is 6.98. The Hall–Kier alpha value is -3.43. The van der Waals surface area contributed by atoms with Crippen molar-refractivity contribution in [2.45, 2.75) is 6.54 Å². The molecule has 4 rings (SSSR count). The number of aromatic nitrogens is 3. The van der Waals surface area contributed by atoms with Gasteiger partial charge < -0.3 is 19.7 Å². The van der Waals surface area contributed by atoms with E-state index in [0.717, 1.165) is 11.1 Å². The standard InChI is InChI=1S/C22H24ClN7O2/c1-31-19-8-7-18(23)13-17(19)15-25-29-21-26-20(24-14-16-5-3-2-4-6-16)27-22(28-21)30-9-11-32-12-10-30/h2-8,13,15H,9-12,14H2,1H3,(H2,24,26,27,28,29)/b25-15-. The van der Waals surface area contributed by atoms with Crippen LogP contribution < -0.4 is 20.4 Å². The molecule has 0 spiro atoms. The number of hydrogen-bond donors (Lipinski definition) is 2. The Morgan fingerprint density at radius 2 is 1.88 bits per heavy atom. The summed E-state index contributed by atoms with van der Waals surface area (Å²) in [7, 11) is 1.60. The molecule has 32 heavy (non-hydrogen) atoms. The third-order valence-corrected chi connectivity index (χ3v) is 5.01. The monoisotopic (exact) mass is 453 g/mol. The van der Waals surface area contributed by atoms with Crippen LogP contribution in [-0.2, 0) is 11.3 Å². The van der Waals surface area contributed by atoms with Gasteiger partial charge in [0, 0.05) is 30.2 Å². The van der Waals surface area contributed by atoms with Gasteiger partial charge in [-0.2, -0.15) is 20.1 Å². The van der Waals surface area contributed by atoms with Gasteiger partial charge in [-0.05, 0) is 23.8 Å². The van der Waals surface area contributed by atoms with Crippen molar-refractivity contribution in [3.05, 3.63) is 64.7 Å². The summed E-state index contributed by atoms with van der Waals surface area (Å²) < 4.78 is 10.8. The molecule has 0 saturated carbocycles. The summed E-state index contributed by atoms with van der Waals surface area (Å²) in [6.45, 7) is 3.28. The van der Waals surface area contributed by atoms with Crippen molar-refractivity contribution in [1.29, 1.82) is 0 Å². The van der Waals surface area contributed by atoms with Crippen LogP contribution in [0.3, 0.4) is 0 Å². The minimum absolute atomic E-state index is 0.328. The van der Waals surface area contributed by atoms with Crippen molar-refractivity contribution in [2.24, 2.45) is 5.10 Å². The van der Waals surface area contributed by atoms with Crippen molar-refractivity contribution >= 4 is 35.7 Å². The molecule has 0 atom stereocenters. The molecular weight excluding hydrogens is 430 g/mol. The number of ether oxygens (including phenoxy) is 2. The fourth-order valence-electron chi connectivity index (χ4n) is 3.14. The van der Waals surface area contributed by atoms with Crippen LogP contribution >= 0.6 is 11.6 Å². The van der Waals surface area contributed by atoms with E-state index in [9.17, 15) is 0 Å². The highest BCUT2D eigenvalue weighted by Gasteiger charge is 2.16. The first-order valence-electron chi connectivity index (χ1n) is 10.2. The largest absolute Gasteiger partial charge is 0.496 e. The van der Waals surface area contributed by atoms with Crippen LogP contribution in [-0.4, -0.2) is 54.6 Å². The summed E-state index contributed by atoms with van der Waals surface area (Å²) in [6, 6.07) is 15.4. The van der Waals surface area contributed by atoms with Crippen molar-refractivity contribution in [3.8, 4) is 5.75 Å². The third-order valence-electron chi connectivity index (χ3n) is 4.77. The van der Waals surface area contributed by atoms with Gasteiger partial charge in [0.25, 0.3) is 0 Å². The minimum atomic E-state index is 0.328. The molecule has 2 N–H and O–H groups in total. The zero-order valence-corrected chi connectivity index (χ0v) is 18.4. The smallest absolute Gasteiger partial charge is 0.250 e. The van der Waals surface area contributed by atoms with E-state index in [1.807, 2.05) is 30.3 Å². The second kappa shape index (κ2) is 10.7. The molecule has 0 amide bonds. The summed E-state index contributed by atoms with van der Waals surface area (Å²) in [6.07, 6.45) is 1.61. The highest BCUT2D eigenvalue weighted by molar-refractivity contribution is 6.30. The van der Waals surface area contributed by atoms with Gasteiger partial charge in [0.15, 0.2) is 0 Å². The molecule has 0 unspecified atom stereocenters. The molecule has 0 aliphatic carbocycles. The number of nitrogens with zero attached hydrogens (tertiary/aromatic N) is 5. The van der Waals surface area contributed by atoms with Crippen molar-refractivity contribution < 1.29 is 9.47 Å². The van der Waals surface area contributed by atoms with Gasteiger partial charge in [-0.25, -0.2) is 5.43 Å². The SMILES string of the molecule is COc1ccc(Cl)cc1/C=N\Nc1nc(NCc2ccccc2)nc(N2CCOCC2)n1. The first-order valence-corrected chi connectivity index (χ1v) is 10.6. The van der Waals surface area contributed by atoms with E-state index < -0.39 is 0 Å². The van der Waals surface area contributed by atoms with Gasteiger partial charge in [-0.15, -0.1) is 0 Å². The average Bonchev–Trinajstić information content (AvgIpc) is 2.84. The molecule has 1 aliphatic rings. The van der Waals surface area contributed by atoms with Crippen molar-refractivity contribution in [2.75, 3.05) is 49.1 Å². The lowest BCUT2D eigenvalue weighted by molar-refractivity contribution is 0.122. The Balaban J connectivity index is 1.53. The molecule has 9 nitrogen and oxygen atoms in total. The van der Waals surface area contributed by atoms with Crippen molar-refractivity contribution in [3.63, 3.8) is 0 Å². The molecule has 2 heterocycles. The van der Waals surface area contributed by atoms with E-state index in [0.29, 0.717) is 61.5 Å². The maximum absolute atomic E-state index is 6.09. The highest BCUT2D eigenvalue weighted by Crippen LogP contribution is 2.21. The number of rotatable bonds is 8. The van der Waals surface area contributed by atoms with Crippen LogP contribution in [0.25, 0.3) is 0 Å². The van der Waals surface area contributed by atoms with E-state index in [2.05, 4.69) is 35.7 Å². The Morgan fingerprint density at radius 3 is 2.66 bits per heavy atom. The van der Waals surface area contributed by atoms with E-state index in [1.165, 1.54) is 0 Å². The lowest BCUT2D eigenvalue weighted by atomic mass is 10.2. The number of anilines is 3. The molecule has 1 aromatic heterocycles. The van der Waals surface area contributed by atoms with Crippen LogP contribution in [0, 0.1) is 0 Å². The van der Waals surface area contributed by atoms with Gasteiger partial charge in [-0.1, -0.05) is 41.9 Å². The zero-order chi connectivity index (χ0) is 22.2. The molecule has 1 fully saturated rings.